The van der Waals surface area contributed by atoms with Gasteiger partial charge in [0.15, 0.2) is 12.4 Å². The summed E-state index contributed by atoms with van der Waals surface area (Å²) in [4.78, 5) is 11.1. The van der Waals surface area contributed by atoms with Crippen molar-refractivity contribution in [3.63, 3.8) is 0 Å². The Kier molecular flexibility index (Phi) is 7.22. The monoisotopic (exact) mass is 436 g/mol. The molecular weight excluding hydrogens is 412 g/mol. The van der Waals surface area contributed by atoms with Crippen molar-refractivity contribution in [1.29, 1.82) is 0 Å². The minimum atomic E-state index is -4.19. The third kappa shape index (κ3) is 5.65. The molecule has 1 saturated heterocycles. The molecule has 0 aromatic heterocycles. The molecule has 1 aliphatic heterocycles. The molecule has 8 nitrogen and oxygen atoms in total. The standard InChI is InChI=1S/C21H24O8S/c1-14-8-10-17(11-9-14)30(24,25)29-20-19(27-12-16-6-4-3-5-7-16)18(28-21(20)23)13-26-15(2)22/h3-11,18-21,23H,12-13H2,1-2H3/t18-,19+,20+,21?/m1/s1. The van der Waals surface area contributed by atoms with Gasteiger partial charge in [0, 0.05) is 6.92 Å². The number of carbonyl (C=O) groups excluding carboxylic acids is 1. The Morgan fingerprint density at radius 3 is 2.37 bits per heavy atom. The van der Waals surface area contributed by atoms with Crippen LogP contribution < -0.4 is 0 Å². The molecule has 162 valence electrons. The minimum absolute atomic E-state index is 0.0504. The van der Waals surface area contributed by atoms with Crippen molar-refractivity contribution in [3.05, 3.63) is 65.7 Å². The van der Waals surface area contributed by atoms with Gasteiger partial charge in [-0.05, 0) is 24.6 Å². The lowest BCUT2D eigenvalue weighted by atomic mass is 10.1. The molecule has 2 aromatic rings. The fourth-order valence-corrected chi connectivity index (χ4v) is 4.10. The lowest BCUT2D eigenvalue weighted by molar-refractivity contribution is -0.155. The van der Waals surface area contributed by atoms with Gasteiger partial charge in [0.05, 0.1) is 11.5 Å². The minimum Gasteiger partial charge on any atom is -0.463 e. The van der Waals surface area contributed by atoms with E-state index in [1.54, 1.807) is 12.1 Å². The van der Waals surface area contributed by atoms with E-state index < -0.39 is 40.7 Å². The number of benzene rings is 2. The fourth-order valence-electron chi connectivity index (χ4n) is 3.02. The molecule has 0 spiro atoms. The van der Waals surface area contributed by atoms with Crippen LogP contribution in [0.25, 0.3) is 0 Å². The summed E-state index contributed by atoms with van der Waals surface area (Å²) >= 11 is 0. The Morgan fingerprint density at radius 2 is 1.73 bits per heavy atom. The molecule has 1 N–H and O–H groups in total. The predicted molar refractivity (Wildman–Crippen MR) is 106 cm³/mol. The number of esters is 1. The van der Waals surface area contributed by atoms with E-state index in [1.165, 1.54) is 19.1 Å². The first-order valence-corrected chi connectivity index (χ1v) is 10.8. The average molecular weight is 436 g/mol. The molecule has 0 bridgehead atoms. The molecule has 0 radical (unpaired) electrons. The van der Waals surface area contributed by atoms with E-state index >= 15 is 0 Å². The van der Waals surface area contributed by atoms with E-state index in [4.69, 9.17) is 18.4 Å². The summed E-state index contributed by atoms with van der Waals surface area (Å²) in [5.74, 6) is -0.536. The van der Waals surface area contributed by atoms with Crippen molar-refractivity contribution in [2.75, 3.05) is 6.61 Å². The summed E-state index contributed by atoms with van der Waals surface area (Å²) in [5, 5.41) is 10.3. The molecule has 0 aliphatic carbocycles. The van der Waals surface area contributed by atoms with Gasteiger partial charge in [0.2, 0.25) is 0 Å². The van der Waals surface area contributed by atoms with Crippen LogP contribution in [0.4, 0.5) is 0 Å². The Hall–Kier alpha value is -2.30. The summed E-state index contributed by atoms with van der Waals surface area (Å²) in [5.41, 5.74) is 1.73. The third-order valence-electron chi connectivity index (χ3n) is 4.57. The zero-order valence-corrected chi connectivity index (χ0v) is 17.4. The van der Waals surface area contributed by atoms with E-state index in [9.17, 15) is 18.3 Å². The third-order valence-corrected chi connectivity index (χ3v) is 5.89. The molecule has 1 aliphatic rings. The summed E-state index contributed by atoms with van der Waals surface area (Å²) in [6.07, 6.45) is -4.79. The molecule has 2 aromatic carbocycles. The van der Waals surface area contributed by atoms with Gasteiger partial charge in [-0.25, -0.2) is 0 Å². The fraction of sp³-hybridized carbons (Fsp3) is 0.381. The maximum absolute atomic E-state index is 12.7. The summed E-state index contributed by atoms with van der Waals surface area (Å²) in [6, 6.07) is 15.3. The number of aliphatic hydroxyl groups is 1. The van der Waals surface area contributed by atoms with Crippen LogP contribution in [0.3, 0.4) is 0 Å². The second-order valence-corrected chi connectivity index (χ2v) is 8.53. The highest BCUT2D eigenvalue weighted by atomic mass is 32.2. The van der Waals surface area contributed by atoms with Gasteiger partial charge in [-0.3, -0.25) is 8.98 Å². The first kappa shape index (κ1) is 22.4. The van der Waals surface area contributed by atoms with Crippen molar-refractivity contribution in [3.8, 4) is 0 Å². The number of ether oxygens (including phenoxy) is 3. The van der Waals surface area contributed by atoms with Crippen molar-refractivity contribution < 1.29 is 36.7 Å². The van der Waals surface area contributed by atoms with Crippen LogP contribution in [0, 0.1) is 6.92 Å². The number of hydrogen-bond acceptors (Lipinski definition) is 8. The number of rotatable bonds is 8. The lowest BCUT2D eigenvalue weighted by Crippen LogP contribution is -2.40. The van der Waals surface area contributed by atoms with Gasteiger partial charge < -0.3 is 19.3 Å². The Morgan fingerprint density at radius 1 is 1.07 bits per heavy atom. The number of hydrogen-bond donors (Lipinski definition) is 1. The van der Waals surface area contributed by atoms with E-state index in [1.807, 2.05) is 37.3 Å². The topological polar surface area (TPSA) is 108 Å². The largest absolute Gasteiger partial charge is 0.463 e. The normalized spacial score (nSPS) is 24.0. The van der Waals surface area contributed by atoms with Crippen molar-refractivity contribution in [2.24, 2.45) is 0 Å². The average Bonchev–Trinajstić information content (AvgIpc) is 3.00. The Balaban J connectivity index is 1.79. The van der Waals surface area contributed by atoms with E-state index in [0.717, 1.165) is 11.1 Å². The van der Waals surface area contributed by atoms with E-state index in [0.29, 0.717) is 0 Å². The quantitative estimate of drug-likeness (QED) is 0.494. The van der Waals surface area contributed by atoms with Gasteiger partial charge in [-0.2, -0.15) is 8.42 Å². The van der Waals surface area contributed by atoms with Crippen LogP contribution in [0.5, 0.6) is 0 Å². The van der Waals surface area contributed by atoms with Gasteiger partial charge in [-0.15, -0.1) is 0 Å². The highest BCUT2D eigenvalue weighted by Gasteiger charge is 2.48. The first-order valence-electron chi connectivity index (χ1n) is 9.38. The van der Waals surface area contributed by atoms with Crippen LogP contribution >= 0.6 is 0 Å². The molecule has 4 atom stereocenters. The van der Waals surface area contributed by atoms with Crippen LogP contribution in [0.1, 0.15) is 18.1 Å². The maximum Gasteiger partial charge on any atom is 0.302 e. The highest BCUT2D eigenvalue weighted by Crippen LogP contribution is 2.29. The van der Waals surface area contributed by atoms with Gasteiger partial charge >= 0.3 is 5.97 Å². The Bertz CT molecular complexity index is 943. The van der Waals surface area contributed by atoms with Gasteiger partial charge in [0.25, 0.3) is 10.1 Å². The zero-order chi connectivity index (χ0) is 21.7. The molecule has 30 heavy (non-hydrogen) atoms. The van der Waals surface area contributed by atoms with Crippen LogP contribution in [-0.4, -0.2) is 50.7 Å². The molecule has 1 heterocycles. The molecular formula is C21H24O8S. The summed E-state index contributed by atoms with van der Waals surface area (Å²) in [6.45, 7) is 2.98. The lowest BCUT2D eigenvalue weighted by Gasteiger charge is -2.23. The first-order chi connectivity index (χ1) is 14.3. The second-order valence-electron chi connectivity index (χ2n) is 6.96. The van der Waals surface area contributed by atoms with Gasteiger partial charge in [0.1, 0.15) is 18.8 Å². The van der Waals surface area contributed by atoms with E-state index in [-0.39, 0.29) is 18.1 Å². The van der Waals surface area contributed by atoms with E-state index in [2.05, 4.69) is 0 Å². The molecule has 1 unspecified atom stereocenters. The zero-order valence-electron chi connectivity index (χ0n) is 16.6. The smallest absolute Gasteiger partial charge is 0.302 e. The van der Waals surface area contributed by atoms with Crippen LogP contribution in [0.2, 0.25) is 0 Å². The maximum atomic E-state index is 12.7. The molecule has 1 fully saturated rings. The predicted octanol–water partition coefficient (Wildman–Crippen LogP) is 1.93. The number of aliphatic hydroxyl groups excluding tert-OH is 1. The summed E-state index contributed by atoms with van der Waals surface area (Å²) < 4.78 is 46.9. The highest BCUT2D eigenvalue weighted by molar-refractivity contribution is 7.86. The Labute approximate surface area is 175 Å². The number of aryl methyl sites for hydroxylation is 1. The van der Waals surface area contributed by atoms with Crippen LogP contribution in [0.15, 0.2) is 59.5 Å². The number of carbonyl (C=O) groups is 1. The molecule has 0 saturated carbocycles. The molecule has 3 rings (SSSR count). The van der Waals surface area contributed by atoms with Crippen molar-refractivity contribution in [1.82, 2.24) is 0 Å². The van der Waals surface area contributed by atoms with Crippen molar-refractivity contribution in [2.45, 2.75) is 50.0 Å². The summed E-state index contributed by atoms with van der Waals surface area (Å²) in [7, 11) is -4.19. The van der Waals surface area contributed by atoms with Crippen LogP contribution in [-0.2, 0) is 39.9 Å². The van der Waals surface area contributed by atoms with Crippen molar-refractivity contribution >= 4 is 16.1 Å². The second kappa shape index (κ2) is 9.67. The SMILES string of the molecule is CC(=O)OC[C@H]1OC(O)[C@@H](OS(=O)(=O)c2ccc(C)cc2)[C@H]1OCc1ccccc1. The molecule has 0 amide bonds. The van der Waals surface area contributed by atoms with Gasteiger partial charge in [-0.1, -0.05) is 48.0 Å². The molecule has 9 heteroatoms.